The van der Waals surface area contributed by atoms with Crippen molar-refractivity contribution >= 4 is 11.6 Å². The van der Waals surface area contributed by atoms with Gasteiger partial charge >= 0.3 is 0 Å². The van der Waals surface area contributed by atoms with E-state index in [9.17, 15) is 0 Å². The number of nitrogens with two attached hydrogens (primary N) is 1. The molecule has 2 atom stereocenters. The minimum atomic E-state index is -0.0668. The third-order valence-electron chi connectivity index (χ3n) is 3.03. The highest BCUT2D eigenvalue weighted by molar-refractivity contribution is 6.31. The summed E-state index contributed by atoms with van der Waals surface area (Å²) in [4.78, 5) is 0. The van der Waals surface area contributed by atoms with Crippen LogP contribution in [0.1, 0.15) is 29.9 Å². The molecule has 0 spiro atoms. The van der Waals surface area contributed by atoms with Crippen LogP contribution in [-0.4, -0.2) is 15.8 Å². The molecule has 0 amide bonds. The third-order valence-corrected chi connectivity index (χ3v) is 3.37. The van der Waals surface area contributed by atoms with E-state index in [1.54, 1.807) is 0 Å². The molecule has 4 heteroatoms. The number of benzene rings is 1. The van der Waals surface area contributed by atoms with Gasteiger partial charge in [0.05, 0.1) is 11.7 Å². The highest BCUT2D eigenvalue weighted by Crippen LogP contribution is 2.28. The SMILES string of the molecule is Cc1cc(C)n(C(c2ccccc2Cl)C(C)N)n1. The third kappa shape index (κ3) is 2.42. The molecule has 0 fully saturated rings. The summed E-state index contributed by atoms with van der Waals surface area (Å²) in [5.41, 5.74) is 9.23. The quantitative estimate of drug-likeness (QED) is 0.925. The van der Waals surface area contributed by atoms with Crippen molar-refractivity contribution < 1.29 is 0 Å². The maximum atomic E-state index is 6.28. The minimum absolute atomic E-state index is 0.0348. The highest BCUT2D eigenvalue weighted by Gasteiger charge is 2.22. The van der Waals surface area contributed by atoms with Crippen LogP contribution in [0.3, 0.4) is 0 Å². The number of aromatic nitrogens is 2. The van der Waals surface area contributed by atoms with Crippen LogP contribution >= 0.6 is 11.6 Å². The first kappa shape index (κ1) is 13.1. The topological polar surface area (TPSA) is 43.8 Å². The van der Waals surface area contributed by atoms with Crippen LogP contribution in [0.4, 0.5) is 0 Å². The van der Waals surface area contributed by atoms with Gasteiger partial charge in [0.15, 0.2) is 0 Å². The number of halogens is 1. The maximum Gasteiger partial charge on any atom is 0.0934 e. The first-order valence-corrected chi connectivity index (χ1v) is 6.41. The van der Waals surface area contributed by atoms with Crippen molar-refractivity contribution in [3.8, 4) is 0 Å². The smallest absolute Gasteiger partial charge is 0.0934 e. The molecule has 0 aliphatic rings. The predicted octanol–water partition coefficient (Wildman–Crippen LogP) is 3.09. The molecule has 0 aliphatic heterocycles. The number of rotatable bonds is 3. The zero-order valence-corrected chi connectivity index (χ0v) is 11.6. The Kier molecular flexibility index (Phi) is 3.73. The molecule has 2 unspecified atom stereocenters. The molecule has 0 radical (unpaired) electrons. The molecule has 2 aromatic rings. The Bertz CT molecular complexity index is 546. The maximum absolute atomic E-state index is 6.28. The van der Waals surface area contributed by atoms with Crippen molar-refractivity contribution in [1.29, 1.82) is 0 Å². The summed E-state index contributed by atoms with van der Waals surface area (Å²) in [6.07, 6.45) is 0. The van der Waals surface area contributed by atoms with Crippen LogP contribution in [-0.2, 0) is 0 Å². The molecule has 2 N–H and O–H groups in total. The van der Waals surface area contributed by atoms with Gasteiger partial charge in [-0.3, -0.25) is 4.68 Å². The van der Waals surface area contributed by atoms with Gasteiger partial charge < -0.3 is 5.73 Å². The lowest BCUT2D eigenvalue weighted by Crippen LogP contribution is -2.31. The summed E-state index contributed by atoms with van der Waals surface area (Å²) in [5, 5.41) is 5.26. The van der Waals surface area contributed by atoms with Crippen molar-refractivity contribution in [2.75, 3.05) is 0 Å². The second-order valence-corrected chi connectivity index (χ2v) is 5.10. The Balaban J connectivity index is 2.54. The van der Waals surface area contributed by atoms with Gasteiger partial charge in [-0.1, -0.05) is 29.8 Å². The Labute approximate surface area is 113 Å². The molecule has 0 saturated heterocycles. The van der Waals surface area contributed by atoms with Crippen molar-refractivity contribution in [3.05, 3.63) is 52.3 Å². The van der Waals surface area contributed by atoms with Crippen LogP contribution < -0.4 is 5.73 Å². The van der Waals surface area contributed by atoms with E-state index in [4.69, 9.17) is 17.3 Å². The van der Waals surface area contributed by atoms with Gasteiger partial charge in [-0.2, -0.15) is 5.10 Å². The summed E-state index contributed by atoms with van der Waals surface area (Å²) in [7, 11) is 0. The fourth-order valence-electron chi connectivity index (χ4n) is 2.28. The zero-order valence-electron chi connectivity index (χ0n) is 10.9. The zero-order chi connectivity index (χ0) is 13.3. The largest absolute Gasteiger partial charge is 0.326 e. The van der Waals surface area contributed by atoms with Crippen molar-refractivity contribution in [2.45, 2.75) is 32.9 Å². The average Bonchev–Trinajstić information content (AvgIpc) is 2.61. The molecule has 18 heavy (non-hydrogen) atoms. The summed E-state index contributed by atoms with van der Waals surface area (Å²) in [6, 6.07) is 9.74. The van der Waals surface area contributed by atoms with Crippen LogP contribution in [0.5, 0.6) is 0 Å². The highest BCUT2D eigenvalue weighted by atomic mass is 35.5. The fraction of sp³-hybridized carbons (Fsp3) is 0.357. The van der Waals surface area contributed by atoms with Gasteiger partial charge in [0.1, 0.15) is 0 Å². The van der Waals surface area contributed by atoms with E-state index in [-0.39, 0.29) is 12.1 Å². The number of hydrogen-bond acceptors (Lipinski definition) is 2. The molecule has 0 bridgehead atoms. The lowest BCUT2D eigenvalue weighted by Gasteiger charge is -2.24. The molecule has 3 nitrogen and oxygen atoms in total. The van der Waals surface area contributed by atoms with Crippen molar-refractivity contribution in [2.24, 2.45) is 5.73 Å². The summed E-state index contributed by atoms with van der Waals surface area (Å²) < 4.78 is 1.96. The van der Waals surface area contributed by atoms with E-state index >= 15 is 0 Å². The Morgan fingerprint density at radius 1 is 1.28 bits per heavy atom. The lowest BCUT2D eigenvalue weighted by atomic mass is 10.0. The molecule has 1 aromatic heterocycles. The molecular weight excluding hydrogens is 246 g/mol. The Hall–Kier alpha value is -1.32. The Morgan fingerprint density at radius 3 is 2.44 bits per heavy atom. The number of hydrogen-bond donors (Lipinski definition) is 1. The minimum Gasteiger partial charge on any atom is -0.326 e. The monoisotopic (exact) mass is 263 g/mol. The van der Waals surface area contributed by atoms with Gasteiger partial charge in [0.25, 0.3) is 0 Å². The van der Waals surface area contributed by atoms with E-state index in [0.29, 0.717) is 0 Å². The van der Waals surface area contributed by atoms with Gasteiger partial charge in [-0.15, -0.1) is 0 Å². The van der Waals surface area contributed by atoms with Crippen LogP contribution in [0.15, 0.2) is 30.3 Å². The predicted molar refractivity (Wildman–Crippen MR) is 74.9 cm³/mol. The fourth-order valence-corrected chi connectivity index (χ4v) is 2.53. The molecule has 1 heterocycles. The van der Waals surface area contributed by atoms with Gasteiger partial charge in [0, 0.05) is 16.8 Å². The molecule has 96 valence electrons. The number of nitrogens with zero attached hydrogens (tertiary/aromatic N) is 2. The normalized spacial score (nSPS) is 14.5. The summed E-state index contributed by atoms with van der Waals surface area (Å²) in [5.74, 6) is 0. The van der Waals surface area contributed by atoms with E-state index in [0.717, 1.165) is 22.0 Å². The van der Waals surface area contributed by atoms with E-state index < -0.39 is 0 Å². The van der Waals surface area contributed by atoms with Gasteiger partial charge in [-0.25, -0.2) is 0 Å². The molecule has 2 rings (SSSR count). The first-order valence-electron chi connectivity index (χ1n) is 6.03. The average molecular weight is 264 g/mol. The van der Waals surface area contributed by atoms with Crippen molar-refractivity contribution in [1.82, 2.24) is 9.78 Å². The molecule has 0 aliphatic carbocycles. The van der Waals surface area contributed by atoms with E-state index in [1.807, 2.05) is 55.8 Å². The summed E-state index contributed by atoms with van der Waals surface area (Å²) in [6.45, 7) is 5.99. The second-order valence-electron chi connectivity index (χ2n) is 4.70. The lowest BCUT2D eigenvalue weighted by molar-refractivity contribution is 0.444. The van der Waals surface area contributed by atoms with Crippen LogP contribution in [0.25, 0.3) is 0 Å². The second kappa shape index (κ2) is 5.12. The van der Waals surface area contributed by atoms with Crippen molar-refractivity contribution in [3.63, 3.8) is 0 Å². The van der Waals surface area contributed by atoms with E-state index in [1.165, 1.54) is 0 Å². The van der Waals surface area contributed by atoms with Crippen LogP contribution in [0, 0.1) is 13.8 Å². The first-order chi connectivity index (χ1) is 8.50. The molecular formula is C14H18ClN3. The van der Waals surface area contributed by atoms with E-state index in [2.05, 4.69) is 5.10 Å². The summed E-state index contributed by atoms with van der Waals surface area (Å²) >= 11 is 6.28. The Morgan fingerprint density at radius 2 is 1.94 bits per heavy atom. The molecule has 0 saturated carbocycles. The van der Waals surface area contributed by atoms with Crippen LogP contribution in [0.2, 0.25) is 5.02 Å². The molecule has 1 aromatic carbocycles. The standard InChI is InChI=1S/C14H18ClN3/c1-9-8-10(2)18(17-9)14(11(3)16)12-6-4-5-7-13(12)15/h4-8,11,14H,16H2,1-3H3. The van der Waals surface area contributed by atoms with Gasteiger partial charge in [-0.05, 0) is 38.5 Å². The van der Waals surface area contributed by atoms with Gasteiger partial charge in [0.2, 0.25) is 0 Å². The number of aryl methyl sites for hydroxylation is 2.